The largest absolute Gasteiger partial charge is 0.481 e. The summed E-state index contributed by atoms with van der Waals surface area (Å²) in [4.78, 5) is 17.8. The van der Waals surface area contributed by atoms with E-state index in [9.17, 15) is 9.90 Å². The van der Waals surface area contributed by atoms with Gasteiger partial charge in [-0.25, -0.2) is 4.98 Å². The Balaban J connectivity index is 1.80. The maximum Gasteiger partial charge on any atom is 0.308 e. The second-order valence-corrected chi connectivity index (χ2v) is 6.43. The molecular weight excluding hydrogens is 313 g/mol. The summed E-state index contributed by atoms with van der Waals surface area (Å²) in [6.45, 7) is 3.90. The topological polar surface area (TPSA) is 57.8 Å². The Bertz CT molecular complexity index is 701. The summed E-state index contributed by atoms with van der Waals surface area (Å²) in [5.41, 5.74) is 1.52. The summed E-state index contributed by atoms with van der Waals surface area (Å²) in [6.07, 6.45) is 3.64. The van der Waals surface area contributed by atoms with Gasteiger partial charge >= 0.3 is 5.97 Å². The van der Waals surface area contributed by atoms with E-state index in [2.05, 4.69) is 9.88 Å². The number of hydrogen-bond donors (Lipinski definition) is 1. The van der Waals surface area contributed by atoms with Crippen LogP contribution in [-0.4, -0.2) is 38.4 Å². The average Bonchev–Trinajstić information content (AvgIpc) is 2.93. The smallest absolute Gasteiger partial charge is 0.308 e. The van der Waals surface area contributed by atoms with E-state index < -0.39 is 5.97 Å². The molecule has 5 nitrogen and oxygen atoms in total. The molecule has 0 amide bonds. The quantitative estimate of drug-likeness (QED) is 0.941. The van der Waals surface area contributed by atoms with Gasteiger partial charge in [-0.2, -0.15) is 0 Å². The van der Waals surface area contributed by atoms with Crippen molar-refractivity contribution in [1.29, 1.82) is 0 Å². The van der Waals surface area contributed by atoms with Crippen LogP contribution in [0.1, 0.15) is 12.6 Å². The van der Waals surface area contributed by atoms with E-state index in [1.165, 1.54) is 0 Å². The van der Waals surface area contributed by atoms with Crippen LogP contribution in [0.25, 0.3) is 5.65 Å². The zero-order valence-corrected chi connectivity index (χ0v) is 13.0. The number of aliphatic carboxylic acids is 1. The number of pyridine rings is 1. The van der Waals surface area contributed by atoms with Crippen molar-refractivity contribution in [3.05, 3.63) is 34.2 Å². The lowest BCUT2D eigenvalue weighted by Crippen LogP contribution is -2.23. The minimum Gasteiger partial charge on any atom is -0.481 e. The van der Waals surface area contributed by atoms with Crippen molar-refractivity contribution in [2.24, 2.45) is 11.8 Å². The number of rotatable bonds is 3. The first-order chi connectivity index (χ1) is 9.94. The number of likely N-dealkylation sites (tertiary alicyclic amines) is 1. The molecule has 3 rings (SSSR count). The van der Waals surface area contributed by atoms with Gasteiger partial charge in [0.2, 0.25) is 0 Å². The molecule has 0 aliphatic carbocycles. The summed E-state index contributed by atoms with van der Waals surface area (Å²) < 4.78 is 1.80. The Labute approximate surface area is 132 Å². The van der Waals surface area contributed by atoms with Gasteiger partial charge < -0.3 is 9.51 Å². The SMILES string of the molecule is C[C@@H]1CN(Cc2cn3cc(Cl)cc(Cl)c3n2)C[C@H]1C(=O)O. The van der Waals surface area contributed by atoms with Crippen molar-refractivity contribution < 1.29 is 9.90 Å². The molecule has 7 heteroatoms. The number of carbonyl (C=O) groups is 1. The maximum atomic E-state index is 11.2. The minimum atomic E-state index is -0.727. The summed E-state index contributed by atoms with van der Waals surface area (Å²) in [6, 6.07) is 1.66. The van der Waals surface area contributed by atoms with Gasteiger partial charge in [0.15, 0.2) is 5.65 Å². The predicted octanol–water partition coefficient (Wildman–Crippen LogP) is 2.79. The van der Waals surface area contributed by atoms with Crippen molar-refractivity contribution in [3.63, 3.8) is 0 Å². The van der Waals surface area contributed by atoms with Crippen LogP contribution >= 0.6 is 23.2 Å². The van der Waals surface area contributed by atoms with E-state index in [1.807, 2.05) is 13.1 Å². The first-order valence-corrected chi connectivity index (χ1v) is 7.47. The molecule has 1 fully saturated rings. The van der Waals surface area contributed by atoms with Crippen LogP contribution in [0, 0.1) is 11.8 Å². The number of carboxylic acid groups (broad SMARTS) is 1. The first-order valence-electron chi connectivity index (χ1n) is 6.72. The molecule has 1 saturated heterocycles. The van der Waals surface area contributed by atoms with E-state index in [0.29, 0.717) is 28.8 Å². The van der Waals surface area contributed by atoms with Crippen LogP contribution in [0.4, 0.5) is 0 Å². The predicted molar refractivity (Wildman–Crippen MR) is 80.8 cm³/mol. The van der Waals surface area contributed by atoms with Gasteiger partial charge in [-0.3, -0.25) is 9.69 Å². The van der Waals surface area contributed by atoms with Crippen LogP contribution < -0.4 is 0 Å². The summed E-state index contributed by atoms with van der Waals surface area (Å²) in [7, 11) is 0. The Kier molecular flexibility index (Phi) is 3.82. The molecule has 1 N–H and O–H groups in total. The Morgan fingerprint density at radius 1 is 1.43 bits per heavy atom. The number of hydrogen-bond acceptors (Lipinski definition) is 3. The highest BCUT2D eigenvalue weighted by Gasteiger charge is 2.34. The number of halogens is 2. The maximum absolute atomic E-state index is 11.2. The number of aromatic nitrogens is 2. The van der Waals surface area contributed by atoms with E-state index in [-0.39, 0.29) is 11.8 Å². The molecule has 21 heavy (non-hydrogen) atoms. The van der Waals surface area contributed by atoms with Gasteiger partial charge in [0.05, 0.1) is 21.7 Å². The molecule has 1 aliphatic rings. The molecule has 0 spiro atoms. The highest BCUT2D eigenvalue weighted by molar-refractivity contribution is 6.36. The van der Waals surface area contributed by atoms with Crippen molar-refractivity contribution >= 4 is 34.8 Å². The zero-order valence-electron chi connectivity index (χ0n) is 11.5. The number of imidazole rings is 1. The Morgan fingerprint density at radius 3 is 2.86 bits per heavy atom. The molecule has 112 valence electrons. The number of carboxylic acids is 1. The molecule has 3 heterocycles. The van der Waals surface area contributed by atoms with E-state index in [4.69, 9.17) is 23.2 Å². The third-order valence-electron chi connectivity index (χ3n) is 3.91. The second-order valence-electron chi connectivity index (χ2n) is 5.59. The van der Waals surface area contributed by atoms with Crippen molar-refractivity contribution in [2.45, 2.75) is 13.5 Å². The summed E-state index contributed by atoms with van der Waals surface area (Å²) >= 11 is 12.1. The van der Waals surface area contributed by atoms with Gasteiger partial charge in [-0.05, 0) is 12.0 Å². The minimum absolute atomic E-state index is 0.151. The summed E-state index contributed by atoms with van der Waals surface area (Å²) in [5.74, 6) is -0.882. The molecule has 2 atom stereocenters. The number of fused-ring (bicyclic) bond motifs is 1. The highest BCUT2D eigenvalue weighted by Crippen LogP contribution is 2.26. The Hall–Kier alpha value is -1.30. The lowest BCUT2D eigenvalue weighted by Gasteiger charge is -2.12. The fourth-order valence-corrected chi connectivity index (χ4v) is 3.43. The van der Waals surface area contributed by atoms with E-state index in [1.54, 1.807) is 16.7 Å². The van der Waals surface area contributed by atoms with E-state index in [0.717, 1.165) is 12.2 Å². The lowest BCUT2D eigenvalue weighted by atomic mass is 9.99. The van der Waals surface area contributed by atoms with Crippen LogP contribution in [0.2, 0.25) is 10.0 Å². The van der Waals surface area contributed by atoms with Crippen LogP contribution in [0.15, 0.2) is 18.5 Å². The van der Waals surface area contributed by atoms with Crippen LogP contribution in [0.5, 0.6) is 0 Å². The van der Waals surface area contributed by atoms with Crippen LogP contribution in [-0.2, 0) is 11.3 Å². The van der Waals surface area contributed by atoms with Crippen molar-refractivity contribution in [1.82, 2.24) is 14.3 Å². The van der Waals surface area contributed by atoms with Crippen molar-refractivity contribution in [3.8, 4) is 0 Å². The van der Waals surface area contributed by atoms with Gasteiger partial charge in [-0.1, -0.05) is 30.1 Å². The monoisotopic (exact) mass is 327 g/mol. The van der Waals surface area contributed by atoms with Gasteiger partial charge in [-0.15, -0.1) is 0 Å². The molecule has 0 saturated carbocycles. The average molecular weight is 328 g/mol. The fraction of sp³-hybridized carbons (Fsp3) is 0.429. The van der Waals surface area contributed by atoms with Crippen LogP contribution in [0.3, 0.4) is 0 Å². The van der Waals surface area contributed by atoms with Gasteiger partial charge in [0.1, 0.15) is 0 Å². The van der Waals surface area contributed by atoms with Gasteiger partial charge in [0.25, 0.3) is 0 Å². The second kappa shape index (κ2) is 5.48. The first kappa shape index (κ1) is 14.6. The molecular formula is C14H15Cl2N3O2. The molecule has 1 aliphatic heterocycles. The third kappa shape index (κ3) is 2.86. The molecule has 0 bridgehead atoms. The molecule has 2 aromatic heterocycles. The summed E-state index contributed by atoms with van der Waals surface area (Å²) in [5, 5.41) is 10.2. The van der Waals surface area contributed by atoms with E-state index >= 15 is 0 Å². The third-order valence-corrected chi connectivity index (χ3v) is 4.40. The molecule has 2 aromatic rings. The van der Waals surface area contributed by atoms with Gasteiger partial charge in [0, 0.05) is 32.0 Å². The molecule has 0 radical (unpaired) electrons. The standard InChI is InChI=1S/C14H15Cl2N3O2/c1-8-3-18(7-11(8)14(20)21)5-10-6-19-4-9(15)2-12(16)13(19)17-10/h2,4,6,8,11H,3,5,7H2,1H3,(H,20,21)/t8-,11-/m1/s1. The fourth-order valence-electron chi connectivity index (χ4n) is 2.90. The molecule has 0 unspecified atom stereocenters. The normalized spacial score (nSPS) is 23.0. The Morgan fingerprint density at radius 2 is 2.19 bits per heavy atom. The van der Waals surface area contributed by atoms with Crippen molar-refractivity contribution in [2.75, 3.05) is 13.1 Å². The lowest BCUT2D eigenvalue weighted by molar-refractivity contribution is -0.142. The number of nitrogens with zero attached hydrogens (tertiary/aromatic N) is 3. The highest BCUT2D eigenvalue weighted by atomic mass is 35.5. The molecule has 0 aromatic carbocycles. The zero-order chi connectivity index (χ0) is 15.1.